The number of anilines is 1. The normalized spacial score (nSPS) is 25.1. The summed E-state index contributed by atoms with van der Waals surface area (Å²) < 4.78 is 14.0. The molecule has 3 heterocycles. The van der Waals surface area contributed by atoms with Gasteiger partial charge in [-0.1, -0.05) is 42.5 Å². The molecule has 2 aromatic carbocycles. The molecular formula is C26H19FN4O2. The maximum Gasteiger partial charge on any atom is 0.241 e. The molecule has 1 saturated heterocycles. The van der Waals surface area contributed by atoms with Crippen molar-refractivity contribution in [2.45, 2.75) is 18.0 Å². The Balaban J connectivity index is 1.81. The SMILES string of the molecule is N#C[C@]1(C(N)=O)[C@H](c2ccncc2)[C@@H](C(=O)c2ccccc2)N2c3ccc(F)cc3C=C[C@H]21. The number of primary amides is 1. The number of ketones is 1. The van der Waals surface area contributed by atoms with Crippen LogP contribution in [0.5, 0.6) is 0 Å². The Kier molecular flexibility index (Phi) is 4.79. The highest BCUT2D eigenvalue weighted by molar-refractivity contribution is 6.06. The number of hydrogen-bond acceptors (Lipinski definition) is 5. The molecule has 0 spiro atoms. The highest BCUT2D eigenvalue weighted by Gasteiger charge is 2.65. The first kappa shape index (κ1) is 20.6. The van der Waals surface area contributed by atoms with Gasteiger partial charge in [-0.2, -0.15) is 5.26 Å². The van der Waals surface area contributed by atoms with E-state index in [2.05, 4.69) is 11.1 Å². The minimum Gasteiger partial charge on any atom is -0.368 e. The maximum atomic E-state index is 14.0. The number of rotatable bonds is 4. The van der Waals surface area contributed by atoms with Crippen LogP contribution in [0.25, 0.3) is 6.08 Å². The molecule has 6 nitrogen and oxygen atoms in total. The van der Waals surface area contributed by atoms with Crippen LogP contribution in [0.4, 0.5) is 10.1 Å². The molecule has 0 saturated carbocycles. The zero-order valence-electron chi connectivity index (χ0n) is 17.4. The van der Waals surface area contributed by atoms with Gasteiger partial charge < -0.3 is 10.6 Å². The highest BCUT2D eigenvalue weighted by Crippen LogP contribution is 2.55. The van der Waals surface area contributed by atoms with E-state index in [4.69, 9.17) is 5.73 Å². The van der Waals surface area contributed by atoms with Gasteiger partial charge in [-0.05, 0) is 35.9 Å². The second-order valence-electron chi connectivity index (χ2n) is 8.19. The molecule has 7 heteroatoms. The Labute approximate surface area is 189 Å². The Bertz CT molecular complexity index is 1320. The van der Waals surface area contributed by atoms with Crippen molar-refractivity contribution in [2.75, 3.05) is 4.90 Å². The van der Waals surface area contributed by atoms with Crippen molar-refractivity contribution in [2.24, 2.45) is 11.1 Å². The predicted octanol–water partition coefficient (Wildman–Crippen LogP) is 3.47. The third-order valence-corrected chi connectivity index (χ3v) is 6.58. The van der Waals surface area contributed by atoms with Crippen molar-refractivity contribution >= 4 is 23.5 Å². The summed E-state index contributed by atoms with van der Waals surface area (Å²) in [7, 11) is 0. The number of carbonyl (C=O) groups is 2. The van der Waals surface area contributed by atoms with Gasteiger partial charge in [0.05, 0.1) is 12.1 Å². The van der Waals surface area contributed by atoms with Gasteiger partial charge in [0.25, 0.3) is 0 Å². The van der Waals surface area contributed by atoms with Crippen LogP contribution >= 0.6 is 0 Å². The van der Waals surface area contributed by atoms with Gasteiger partial charge in [0.1, 0.15) is 11.9 Å². The lowest BCUT2D eigenvalue weighted by molar-refractivity contribution is -0.125. The number of fused-ring (bicyclic) bond motifs is 3. The van der Waals surface area contributed by atoms with Crippen LogP contribution in [0, 0.1) is 22.6 Å². The number of nitrogens with zero attached hydrogens (tertiary/aromatic N) is 3. The fourth-order valence-corrected chi connectivity index (χ4v) is 5.18. The van der Waals surface area contributed by atoms with E-state index in [1.165, 1.54) is 12.1 Å². The van der Waals surface area contributed by atoms with Crippen molar-refractivity contribution in [3.63, 3.8) is 0 Å². The monoisotopic (exact) mass is 438 g/mol. The Morgan fingerprint density at radius 3 is 2.48 bits per heavy atom. The molecule has 0 unspecified atom stereocenters. The second-order valence-corrected chi connectivity index (χ2v) is 8.19. The second kappa shape index (κ2) is 7.68. The van der Waals surface area contributed by atoms with Crippen molar-refractivity contribution in [3.8, 4) is 6.07 Å². The fourth-order valence-electron chi connectivity index (χ4n) is 5.18. The molecule has 5 rings (SSSR count). The average Bonchev–Trinajstić information content (AvgIpc) is 3.16. The predicted molar refractivity (Wildman–Crippen MR) is 120 cm³/mol. The number of benzene rings is 2. The summed E-state index contributed by atoms with van der Waals surface area (Å²) >= 11 is 0. The Hall–Kier alpha value is -4.31. The summed E-state index contributed by atoms with van der Waals surface area (Å²) in [5, 5.41) is 10.4. The first-order valence-corrected chi connectivity index (χ1v) is 10.5. The molecule has 3 aromatic rings. The fraction of sp³-hybridized carbons (Fsp3) is 0.154. The van der Waals surface area contributed by atoms with E-state index in [9.17, 15) is 19.2 Å². The van der Waals surface area contributed by atoms with Gasteiger partial charge in [0.2, 0.25) is 5.91 Å². The Morgan fingerprint density at radius 2 is 1.82 bits per heavy atom. The van der Waals surface area contributed by atoms with E-state index < -0.39 is 35.1 Å². The lowest BCUT2D eigenvalue weighted by atomic mass is 9.67. The minimum atomic E-state index is -1.74. The summed E-state index contributed by atoms with van der Waals surface area (Å²) in [6.45, 7) is 0. The molecule has 0 radical (unpaired) electrons. The van der Waals surface area contributed by atoms with Crippen LogP contribution in [-0.4, -0.2) is 28.8 Å². The smallest absolute Gasteiger partial charge is 0.241 e. The molecule has 1 aromatic heterocycles. The Morgan fingerprint density at radius 1 is 1.09 bits per heavy atom. The summed E-state index contributed by atoms with van der Waals surface area (Å²) in [5.74, 6) is -2.37. The lowest BCUT2D eigenvalue weighted by Gasteiger charge is -2.36. The van der Waals surface area contributed by atoms with Gasteiger partial charge in [0.15, 0.2) is 11.2 Å². The largest absolute Gasteiger partial charge is 0.368 e. The average molecular weight is 438 g/mol. The zero-order chi connectivity index (χ0) is 23.2. The third-order valence-electron chi connectivity index (χ3n) is 6.58. The van der Waals surface area contributed by atoms with Crippen LogP contribution in [0.3, 0.4) is 0 Å². The van der Waals surface area contributed by atoms with E-state index in [1.54, 1.807) is 78.0 Å². The summed E-state index contributed by atoms with van der Waals surface area (Å²) in [5.41, 5.74) is 6.35. The minimum absolute atomic E-state index is 0.258. The van der Waals surface area contributed by atoms with Crippen molar-refractivity contribution in [1.29, 1.82) is 5.26 Å². The number of amides is 1. The van der Waals surface area contributed by atoms with Crippen LogP contribution in [-0.2, 0) is 4.79 Å². The number of aromatic nitrogens is 1. The number of Topliss-reactive ketones (excluding diaryl/α,β-unsaturated/α-hetero) is 1. The zero-order valence-corrected chi connectivity index (χ0v) is 17.4. The van der Waals surface area contributed by atoms with E-state index in [0.29, 0.717) is 22.4 Å². The maximum absolute atomic E-state index is 14.0. The van der Waals surface area contributed by atoms with E-state index >= 15 is 0 Å². The van der Waals surface area contributed by atoms with Crippen molar-refractivity contribution in [3.05, 3.63) is 102 Å². The highest BCUT2D eigenvalue weighted by atomic mass is 19.1. The molecule has 2 aliphatic rings. The number of nitrogens with two attached hydrogens (primary N) is 1. The number of nitriles is 1. The molecule has 0 bridgehead atoms. The standard InChI is InChI=1S/C26H19FN4O2/c27-19-7-8-20-18(14-19)6-9-21-26(15-28,25(29)33)22(16-10-12-30-13-11-16)23(31(20)21)24(32)17-4-2-1-3-5-17/h1-14,21-23H,(H2,29,33)/t21-,22+,23-,26+/m0/s1. The summed E-state index contributed by atoms with van der Waals surface area (Å²) in [6, 6.07) is 16.8. The topological polar surface area (TPSA) is 100 Å². The number of hydrogen-bond donors (Lipinski definition) is 1. The van der Waals surface area contributed by atoms with E-state index in [-0.39, 0.29) is 5.78 Å². The van der Waals surface area contributed by atoms with Gasteiger partial charge >= 0.3 is 0 Å². The third kappa shape index (κ3) is 2.95. The van der Waals surface area contributed by atoms with Gasteiger partial charge in [-0.25, -0.2) is 4.39 Å². The van der Waals surface area contributed by atoms with Crippen LogP contribution < -0.4 is 10.6 Å². The molecule has 162 valence electrons. The molecule has 4 atom stereocenters. The van der Waals surface area contributed by atoms with E-state index in [0.717, 1.165) is 0 Å². The van der Waals surface area contributed by atoms with Gasteiger partial charge in [-0.3, -0.25) is 14.6 Å². The van der Waals surface area contributed by atoms with Crippen molar-refractivity contribution < 1.29 is 14.0 Å². The van der Waals surface area contributed by atoms with Gasteiger partial charge in [0, 0.05) is 35.1 Å². The van der Waals surface area contributed by atoms with Crippen LogP contribution in [0.1, 0.15) is 27.4 Å². The molecule has 2 N–H and O–H groups in total. The van der Waals surface area contributed by atoms with Crippen LogP contribution in [0.15, 0.2) is 79.1 Å². The summed E-state index contributed by atoms with van der Waals surface area (Å²) in [4.78, 5) is 32.8. The van der Waals surface area contributed by atoms with E-state index in [1.807, 2.05) is 0 Å². The summed E-state index contributed by atoms with van der Waals surface area (Å²) in [6.07, 6.45) is 6.45. The molecule has 1 fully saturated rings. The lowest BCUT2D eigenvalue weighted by Crippen LogP contribution is -2.49. The molecule has 2 aliphatic heterocycles. The molecule has 1 amide bonds. The molecule has 0 aliphatic carbocycles. The van der Waals surface area contributed by atoms with Crippen LogP contribution in [0.2, 0.25) is 0 Å². The number of pyridine rings is 1. The molecular weight excluding hydrogens is 419 g/mol. The van der Waals surface area contributed by atoms with Gasteiger partial charge in [-0.15, -0.1) is 0 Å². The quantitative estimate of drug-likeness (QED) is 0.629. The number of carbonyl (C=O) groups excluding carboxylic acids is 2. The van der Waals surface area contributed by atoms with Crippen molar-refractivity contribution in [1.82, 2.24) is 4.98 Å². The first-order chi connectivity index (χ1) is 16.0. The number of halogens is 1. The first-order valence-electron chi connectivity index (χ1n) is 10.5. The molecule has 33 heavy (non-hydrogen) atoms.